The lowest BCUT2D eigenvalue weighted by Crippen LogP contribution is -2.20. The van der Waals surface area contributed by atoms with Crippen molar-refractivity contribution in [3.63, 3.8) is 0 Å². The number of rotatable bonds is 5. The van der Waals surface area contributed by atoms with Gasteiger partial charge in [0.05, 0.1) is 12.2 Å². The van der Waals surface area contributed by atoms with Gasteiger partial charge >= 0.3 is 0 Å². The van der Waals surface area contributed by atoms with Crippen LogP contribution in [0.5, 0.6) is 0 Å². The fourth-order valence-corrected chi connectivity index (χ4v) is 3.43. The monoisotopic (exact) mass is 346 g/mol. The van der Waals surface area contributed by atoms with Gasteiger partial charge in [0.25, 0.3) is 5.56 Å². The third-order valence-corrected chi connectivity index (χ3v) is 4.79. The molecule has 1 heterocycles. The minimum Gasteiger partial charge on any atom is -0.314 e. The number of nitrogens with zero attached hydrogens (tertiary/aromatic N) is 1. The quantitative estimate of drug-likeness (QED) is 0.808. The molecule has 0 radical (unpaired) electrons. The van der Waals surface area contributed by atoms with E-state index in [2.05, 4.69) is 18.0 Å². The van der Waals surface area contributed by atoms with Crippen LogP contribution in [0.1, 0.15) is 42.1 Å². The standard InChI is InChI=1S/C18H19ClN2OS/c1-2-3-5-12-10-14(19)9-8-13(12)11-21-16-7-4-6-15(16)17(22)20-18(21)23/h4,7-10H,2-3,5-6,11H2,1H3,(H,20,22,23). The fourth-order valence-electron chi connectivity index (χ4n) is 2.98. The first-order chi connectivity index (χ1) is 11.1. The van der Waals surface area contributed by atoms with Gasteiger partial charge in [0.15, 0.2) is 4.77 Å². The molecule has 0 amide bonds. The number of aromatic nitrogens is 2. The van der Waals surface area contributed by atoms with Crippen LogP contribution in [0.3, 0.4) is 0 Å². The summed E-state index contributed by atoms with van der Waals surface area (Å²) in [5.74, 6) is 0. The van der Waals surface area contributed by atoms with Gasteiger partial charge < -0.3 is 4.57 Å². The molecule has 0 saturated carbocycles. The Hall–Kier alpha value is -1.65. The summed E-state index contributed by atoms with van der Waals surface area (Å²) in [6, 6.07) is 6.01. The number of hydrogen-bond acceptors (Lipinski definition) is 2. The minimum absolute atomic E-state index is 0.0754. The van der Waals surface area contributed by atoms with Crippen LogP contribution in [0.15, 0.2) is 29.1 Å². The maximum Gasteiger partial charge on any atom is 0.255 e. The Balaban J connectivity index is 2.04. The van der Waals surface area contributed by atoms with Gasteiger partial charge in [-0.2, -0.15) is 0 Å². The molecule has 5 heteroatoms. The maximum absolute atomic E-state index is 12.0. The van der Waals surface area contributed by atoms with Gasteiger partial charge in [-0.25, -0.2) is 0 Å². The van der Waals surface area contributed by atoms with Gasteiger partial charge in [-0.05, 0) is 60.8 Å². The molecule has 3 nitrogen and oxygen atoms in total. The SMILES string of the molecule is CCCCc1cc(Cl)ccc1Cn1c2c(c(=O)[nH]c1=S)CC=C2. The Labute approximate surface area is 145 Å². The first-order valence-corrected chi connectivity index (χ1v) is 8.68. The molecule has 23 heavy (non-hydrogen) atoms. The molecule has 0 aliphatic heterocycles. The number of aromatic amines is 1. The highest BCUT2D eigenvalue weighted by Crippen LogP contribution is 2.22. The number of nitrogens with one attached hydrogen (secondary N) is 1. The van der Waals surface area contributed by atoms with E-state index >= 15 is 0 Å². The van der Waals surface area contributed by atoms with Gasteiger partial charge in [0.2, 0.25) is 0 Å². The van der Waals surface area contributed by atoms with Gasteiger partial charge in [0.1, 0.15) is 0 Å². The van der Waals surface area contributed by atoms with Crippen LogP contribution in [0.4, 0.5) is 0 Å². The van der Waals surface area contributed by atoms with E-state index in [9.17, 15) is 4.79 Å². The van der Waals surface area contributed by atoms with E-state index in [0.29, 0.717) is 17.7 Å². The molecule has 0 spiro atoms. The lowest BCUT2D eigenvalue weighted by Gasteiger charge is -2.15. The van der Waals surface area contributed by atoms with Gasteiger partial charge in [0, 0.05) is 10.6 Å². The molecule has 0 unspecified atom stereocenters. The molecule has 1 aliphatic carbocycles. The predicted octanol–water partition coefficient (Wildman–Crippen LogP) is 4.52. The first-order valence-electron chi connectivity index (χ1n) is 7.90. The van der Waals surface area contributed by atoms with Crippen molar-refractivity contribution in [3.8, 4) is 0 Å². The number of hydrogen-bond donors (Lipinski definition) is 1. The van der Waals surface area contributed by atoms with E-state index in [-0.39, 0.29) is 5.56 Å². The molecule has 2 aromatic rings. The van der Waals surface area contributed by atoms with Crippen LogP contribution < -0.4 is 5.56 Å². The summed E-state index contributed by atoms with van der Waals surface area (Å²) in [6.07, 6.45) is 7.93. The van der Waals surface area contributed by atoms with E-state index in [0.717, 1.165) is 35.5 Å². The lowest BCUT2D eigenvalue weighted by molar-refractivity contribution is 0.713. The third kappa shape index (κ3) is 3.33. The van der Waals surface area contributed by atoms with Crippen LogP contribution in [0.2, 0.25) is 5.02 Å². The summed E-state index contributed by atoms with van der Waals surface area (Å²) in [7, 11) is 0. The second-order valence-corrected chi connectivity index (χ2v) is 6.66. The molecule has 120 valence electrons. The zero-order chi connectivity index (χ0) is 16.4. The van der Waals surface area contributed by atoms with Crippen LogP contribution in [-0.4, -0.2) is 9.55 Å². The highest BCUT2D eigenvalue weighted by atomic mass is 35.5. The lowest BCUT2D eigenvalue weighted by atomic mass is 10.0. The van der Waals surface area contributed by atoms with Gasteiger partial charge in [-0.1, -0.05) is 37.1 Å². The minimum atomic E-state index is -0.0754. The molecule has 3 rings (SSSR count). The molecule has 0 atom stereocenters. The number of aryl methyl sites for hydroxylation is 1. The smallest absolute Gasteiger partial charge is 0.255 e. The number of H-pyrrole nitrogens is 1. The average molecular weight is 347 g/mol. The van der Waals surface area contributed by atoms with Crippen LogP contribution in [-0.2, 0) is 19.4 Å². The van der Waals surface area contributed by atoms with E-state index in [1.807, 2.05) is 28.9 Å². The van der Waals surface area contributed by atoms with Gasteiger partial charge in [-0.15, -0.1) is 0 Å². The predicted molar refractivity (Wildman–Crippen MR) is 97.8 cm³/mol. The van der Waals surface area contributed by atoms with Crippen molar-refractivity contribution in [2.45, 2.75) is 39.2 Å². The highest BCUT2D eigenvalue weighted by Gasteiger charge is 2.15. The van der Waals surface area contributed by atoms with Crippen molar-refractivity contribution in [2.75, 3.05) is 0 Å². The topological polar surface area (TPSA) is 37.8 Å². The molecule has 1 N–H and O–H groups in total. The Bertz CT molecular complexity index is 880. The Kier molecular flexibility index (Phi) is 4.83. The second-order valence-electron chi connectivity index (χ2n) is 5.83. The summed E-state index contributed by atoms with van der Waals surface area (Å²) in [5, 5.41) is 0.759. The molecule has 1 aromatic carbocycles. The molecule has 0 bridgehead atoms. The zero-order valence-corrected chi connectivity index (χ0v) is 14.6. The van der Waals surface area contributed by atoms with Crippen molar-refractivity contribution < 1.29 is 0 Å². The summed E-state index contributed by atoms with van der Waals surface area (Å²) in [5.41, 5.74) is 4.10. The van der Waals surface area contributed by atoms with Crippen LogP contribution in [0, 0.1) is 4.77 Å². The number of unbranched alkanes of at least 4 members (excludes halogenated alkanes) is 1. The summed E-state index contributed by atoms with van der Waals surface area (Å²) in [6.45, 7) is 2.83. The summed E-state index contributed by atoms with van der Waals surface area (Å²) < 4.78 is 2.48. The third-order valence-electron chi connectivity index (χ3n) is 4.23. The van der Waals surface area contributed by atoms with E-state index < -0.39 is 0 Å². The first kappa shape index (κ1) is 16.2. The largest absolute Gasteiger partial charge is 0.314 e. The number of halogens is 1. The molecule has 1 aliphatic rings. The van der Waals surface area contributed by atoms with Crippen LogP contribution >= 0.6 is 23.8 Å². The second kappa shape index (κ2) is 6.85. The van der Waals surface area contributed by atoms with E-state index in [1.165, 1.54) is 11.1 Å². The normalized spacial score (nSPS) is 12.6. The van der Waals surface area contributed by atoms with Crippen molar-refractivity contribution in [1.29, 1.82) is 0 Å². The number of fused-ring (bicyclic) bond motifs is 1. The molecular formula is C18H19ClN2OS. The van der Waals surface area contributed by atoms with E-state index in [4.69, 9.17) is 23.8 Å². The molecule has 0 saturated heterocycles. The van der Waals surface area contributed by atoms with Gasteiger partial charge in [-0.3, -0.25) is 9.78 Å². The summed E-state index contributed by atoms with van der Waals surface area (Å²) in [4.78, 5) is 14.8. The number of benzene rings is 1. The van der Waals surface area contributed by atoms with Crippen molar-refractivity contribution in [3.05, 3.63) is 66.8 Å². The van der Waals surface area contributed by atoms with Crippen molar-refractivity contribution >= 4 is 29.9 Å². The van der Waals surface area contributed by atoms with Crippen LogP contribution in [0.25, 0.3) is 6.08 Å². The molecular weight excluding hydrogens is 328 g/mol. The van der Waals surface area contributed by atoms with Crippen molar-refractivity contribution in [2.24, 2.45) is 0 Å². The summed E-state index contributed by atoms with van der Waals surface area (Å²) >= 11 is 11.5. The molecule has 1 aromatic heterocycles. The van der Waals surface area contributed by atoms with E-state index in [1.54, 1.807) is 0 Å². The Morgan fingerprint density at radius 3 is 2.96 bits per heavy atom. The zero-order valence-electron chi connectivity index (χ0n) is 13.1. The highest BCUT2D eigenvalue weighted by molar-refractivity contribution is 7.71. The number of allylic oxidation sites excluding steroid dienone is 1. The maximum atomic E-state index is 12.0. The molecule has 0 fully saturated rings. The Morgan fingerprint density at radius 2 is 2.17 bits per heavy atom. The fraction of sp³-hybridized carbons (Fsp3) is 0.333. The average Bonchev–Trinajstić information content (AvgIpc) is 3.01. The van der Waals surface area contributed by atoms with Crippen molar-refractivity contribution in [1.82, 2.24) is 9.55 Å². The Morgan fingerprint density at radius 1 is 1.35 bits per heavy atom.